The van der Waals surface area contributed by atoms with Crippen LogP contribution in [0.3, 0.4) is 0 Å². The van der Waals surface area contributed by atoms with Gasteiger partial charge in [0.05, 0.1) is 12.2 Å². The Morgan fingerprint density at radius 3 is 2.90 bits per heavy atom. The molecule has 2 rings (SSSR count). The minimum absolute atomic E-state index is 0.0745. The summed E-state index contributed by atoms with van der Waals surface area (Å²) >= 11 is 0. The second-order valence-electron chi connectivity index (χ2n) is 4.31. The third kappa shape index (κ3) is 3.15. The average Bonchev–Trinajstić information content (AvgIpc) is 2.65. The smallest absolute Gasteiger partial charge is 0.335 e. The van der Waals surface area contributed by atoms with Crippen molar-refractivity contribution >= 4 is 5.97 Å². The number of hydrogen-bond donors (Lipinski definition) is 1. The van der Waals surface area contributed by atoms with E-state index in [9.17, 15) is 9.18 Å². The van der Waals surface area contributed by atoms with Gasteiger partial charge in [0, 0.05) is 5.92 Å². The van der Waals surface area contributed by atoms with Gasteiger partial charge in [0.2, 0.25) is 0 Å². The third-order valence-corrected chi connectivity index (χ3v) is 2.96. The van der Waals surface area contributed by atoms with Crippen LogP contribution < -0.4 is 0 Å². The fourth-order valence-electron chi connectivity index (χ4n) is 1.99. The van der Waals surface area contributed by atoms with Crippen molar-refractivity contribution in [2.24, 2.45) is 0 Å². The van der Waals surface area contributed by atoms with Crippen molar-refractivity contribution in [3.8, 4) is 0 Å². The Labute approximate surface area is 116 Å². The zero-order chi connectivity index (χ0) is 14.5. The third-order valence-electron chi connectivity index (χ3n) is 2.96. The van der Waals surface area contributed by atoms with Gasteiger partial charge in [0.25, 0.3) is 0 Å². The standard InChI is InChI=1S/C16H15FO3/c1-2-20-13-5-3-4-11(6-8-13)14-10-12(16(18)19)7-9-15(14)17/h3-11H,2H2,1H3,(H,18,19). The minimum atomic E-state index is -1.07. The summed E-state index contributed by atoms with van der Waals surface area (Å²) in [5.41, 5.74) is 0.411. The van der Waals surface area contributed by atoms with E-state index in [1.54, 1.807) is 30.4 Å². The number of carboxylic acids is 1. The van der Waals surface area contributed by atoms with Crippen molar-refractivity contribution in [1.29, 1.82) is 0 Å². The number of ether oxygens (including phenoxy) is 1. The first kappa shape index (κ1) is 14.1. The summed E-state index contributed by atoms with van der Waals surface area (Å²) in [6.07, 6.45) is 8.92. The summed E-state index contributed by atoms with van der Waals surface area (Å²) < 4.78 is 19.3. The van der Waals surface area contributed by atoms with Gasteiger partial charge < -0.3 is 9.84 Å². The van der Waals surface area contributed by atoms with Crippen LogP contribution in [0.5, 0.6) is 0 Å². The van der Waals surface area contributed by atoms with Crippen LogP contribution in [0.15, 0.2) is 54.3 Å². The molecule has 0 saturated carbocycles. The zero-order valence-corrected chi connectivity index (χ0v) is 11.0. The fourth-order valence-corrected chi connectivity index (χ4v) is 1.99. The molecular weight excluding hydrogens is 259 g/mol. The van der Waals surface area contributed by atoms with E-state index in [4.69, 9.17) is 9.84 Å². The van der Waals surface area contributed by atoms with Crippen LogP contribution in [0.2, 0.25) is 0 Å². The van der Waals surface area contributed by atoms with Crippen molar-refractivity contribution < 1.29 is 19.0 Å². The molecule has 0 aromatic heterocycles. The molecule has 1 aliphatic carbocycles. The maximum absolute atomic E-state index is 13.9. The number of hydrogen-bond acceptors (Lipinski definition) is 2. The van der Waals surface area contributed by atoms with Gasteiger partial charge in [-0.05, 0) is 42.8 Å². The molecule has 1 atom stereocenters. The Morgan fingerprint density at radius 2 is 2.20 bits per heavy atom. The highest BCUT2D eigenvalue weighted by Gasteiger charge is 2.14. The monoisotopic (exact) mass is 274 g/mol. The van der Waals surface area contributed by atoms with Gasteiger partial charge in [0.1, 0.15) is 11.6 Å². The lowest BCUT2D eigenvalue weighted by molar-refractivity contribution is 0.0696. The Bertz CT molecular complexity index is 600. The number of aromatic carboxylic acids is 1. The Morgan fingerprint density at radius 1 is 1.40 bits per heavy atom. The summed E-state index contributed by atoms with van der Waals surface area (Å²) in [5.74, 6) is -1.11. The normalized spacial score (nSPS) is 17.5. The van der Waals surface area contributed by atoms with Crippen LogP contribution in [0.4, 0.5) is 4.39 Å². The molecule has 0 saturated heterocycles. The van der Waals surface area contributed by atoms with Crippen molar-refractivity contribution in [2.75, 3.05) is 6.61 Å². The average molecular weight is 274 g/mol. The molecule has 20 heavy (non-hydrogen) atoms. The fraction of sp³-hybridized carbons (Fsp3) is 0.188. The van der Waals surface area contributed by atoms with Gasteiger partial charge in [-0.3, -0.25) is 0 Å². The lowest BCUT2D eigenvalue weighted by Crippen LogP contribution is -2.02. The predicted octanol–water partition coefficient (Wildman–Crippen LogP) is 3.65. The van der Waals surface area contributed by atoms with E-state index in [1.165, 1.54) is 18.2 Å². The van der Waals surface area contributed by atoms with Crippen LogP contribution in [0.25, 0.3) is 0 Å². The molecule has 0 spiro atoms. The molecule has 104 valence electrons. The molecule has 0 fully saturated rings. The van der Waals surface area contributed by atoms with E-state index in [0.29, 0.717) is 17.9 Å². The van der Waals surface area contributed by atoms with E-state index in [0.717, 1.165) is 0 Å². The summed E-state index contributed by atoms with van der Waals surface area (Å²) in [5, 5.41) is 8.98. The number of carboxylic acid groups (broad SMARTS) is 1. The molecular formula is C16H15FO3. The van der Waals surface area contributed by atoms with Crippen LogP contribution in [0, 0.1) is 5.82 Å². The molecule has 1 aliphatic rings. The maximum Gasteiger partial charge on any atom is 0.335 e. The van der Waals surface area contributed by atoms with E-state index < -0.39 is 11.8 Å². The highest BCUT2D eigenvalue weighted by atomic mass is 19.1. The minimum Gasteiger partial charge on any atom is -0.494 e. The molecule has 4 heteroatoms. The second kappa shape index (κ2) is 6.19. The van der Waals surface area contributed by atoms with Crippen molar-refractivity contribution in [1.82, 2.24) is 0 Å². The molecule has 1 aromatic carbocycles. The van der Waals surface area contributed by atoms with E-state index in [2.05, 4.69) is 0 Å². The molecule has 0 bridgehead atoms. The summed E-state index contributed by atoms with van der Waals surface area (Å²) in [6, 6.07) is 3.81. The van der Waals surface area contributed by atoms with Gasteiger partial charge in [-0.1, -0.05) is 18.2 Å². The first-order valence-corrected chi connectivity index (χ1v) is 6.34. The van der Waals surface area contributed by atoms with Crippen molar-refractivity contribution in [2.45, 2.75) is 12.8 Å². The molecule has 3 nitrogen and oxygen atoms in total. The number of allylic oxidation sites excluding steroid dienone is 5. The second-order valence-corrected chi connectivity index (χ2v) is 4.31. The summed E-state index contributed by atoms with van der Waals surface area (Å²) in [6.45, 7) is 2.44. The van der Waals surface area contributed by atoms with E-state index in [-0.39, 0.29) is 11.5 Å². The Kier molecular flexibility index (Phi) is 4.35. The van der Waals surface area contributed by atoms with E-state index >= 15 is 0 Å². The van der Waals surface area contributed by atoms with Gasteiger partial charge in [-0.2, -0.15) is 0 Å². The van der Waals surface area contributed by atoms with Crippen LogP contribution in [-0.2, 0) is 4.74 Å². The molecule has 0 heterocycles. The zero-order valence-electron chi connectivity index (χ0n) is 11.0. The van der Waals surface area contributed by atoms with Crippen molar-refractivity contribution in [3.05, 3.63) is 71.3 Å². The summed E-state index contributed by atoms with van der Waals surface area (Å²) in [7, 11) is 0. The molecule has 0 aliphatic heterocycles. The Balaban J connectivity index is 2.31. The SMILES string of the molecule is CCOC1=CC=CC(c2cc(C(=O)O)ccc2F)C=C1. The van der Waals surface area contributed by atoms with Gasteiger partial charge >= 0.3 is 5.97 Å². The first-order chi connectivity index (χ1) is 9.61. The highest BCUT2D eigenvalue weighted by molar-refractivity contribution is 5.87. The molecule has 0 radical (unpaired) electrons. The van der Waals surface area contributed by atoms with E-state index in [1.807, 2.05) is 6.92 Å². The van der Waals surface area contributed by atoms with Gasteiger partial charge in [-0.25, -0.2) is 9.18 Å². The molecule has 1 unspecified atom stereocenters. The maximum atomic E-state index is 13.9. The van der Waals surface area contributed by atoms with Gasteiger partial charge in [0.15, 0.2) is 0 Å². The summed E-state index contributed by atoms with van der Waals surface area (Å²) in [4.78, 5) is 11.0. The highest BCUT2D eigenvalue weighted by Crippen LogP contribution is 2.26. The predicted molar refractivity (Wildman–Crippen MR) is 74.1 cm³/mol. The quantitative estimate of drug-likeness (QED) is 0.911. The van der Waals surface area contributed by atoms with Gasteiger partial charge in [-0.15, -0.1) is 0 Å². The number of benzene rings is 1. The van der Waals surface area contributed by atoms with Crippen molar-refractivity contribution in [3.63, 3.8) is 0 Å². The lowest BCUT2D eigenvalue weighted by Gasteiger charge is -2.10. The number of halogens is 1. The topological polar surface area (TPSA) is 46.5 Å². The lowest BCUT2D eigenvalue weighted by atomic mass is 9.96. The van der Waals surface area contributed by atoms with Crippen LogP contribution >= 0.6 is 0 Å². The van der Waals surface area contributed by atoms with Crippen LogP contribution in [-0.4, -0.2) is 17.7 Å². The molecule has 1 aromatic rings. The Hall–Kier alpha value is -2.36. The molecule has 1 N–H and O–H groups in total. The number of carbonyl (C=O) groups is 1. The van der Waals surface area contributed by atoms with Crippen LogP contribution in [0.1, 0.15) is 28.8 Å². The first-order valence-electron chi connectivity index (χ1n) is 6.34. The molecule has 0 amide bonds. The number of rotatable bonds is 4. The largest absolute Gasteiger partial charge is 0.494 e.